The van der Waals surface area contributed by atoms with Crippen LogP contribution in [-0.4, -0.2) is 0 Å². The summed E-state index contributed by atoms with van der Waals surface area (Å²) in [6.07, 6.45) is 1.83. The SMILES string of the molecule is N#C/C(=C/c1cccc(OCc2ccc(Br)cc2)c1)c1cccc(Cl)c1. The molecule has 0 bridgehead atoms. The van der Waals surface area contributed by atoms with Gasteiger partial charge in [-0.25, -0.2) is 0 Å². The van der Waals surface area contributed by atoms with E-state index in [1.807, 2.05) is 66.7 Å². The van der Waals surface area contributed by atoms with Gasteiger partial charge in [0, 0.05) is 9.50 Å². The molecular formula is C22H15BrClNO. The molecule has 26 heavy (non-hydrogen) atoms. The molecule has 0 amide bonds. The Morgan fingerprint density at radius 2 is 1.81 bits per heavy atom. The van der Waals surface area contributed by atoms with Crippen molar-refractivity contribution in [2.45, 2.75) is 6.61 Å². The van der Waals surface area contributed by atoms with Gasteiger partial charge >= 0.3 is 0 Å². The minimum absolute atomic E-state index is 0.486. The molecule has 2 nitrogen and oxygen atoms in total. The number of benzene rings is 3. The molecular weight excluding hydrogens is 410 g/mol. The molecule has 3 rings (SSSR count). The maximum Gasteiger partial charge on any atom is 0.120 e. The van der Waals surface area contributed by atoms with E-state index in [2.05, 4.69) is 22.0 Å². The van der Waals surface area contributed by atoms with Gasteiger partial charge in [-0.15, -0.1) is 0 Å². The van der Waals surface area contributed by atoms with Gasteiger partial charge in [-0.2, -0.15) is 5.26 Å². The summed E-state index contributed by atoms with van der Waals surface area (Å²) in [5.74, 6) is 0.755. The van der Waals surface area contributed by atoms with E-state index in [0.717, 1.165) is 26.9 Å². The zero-order valence-electron chi connectivity index (χ0n) is 13.8. The fourth-order valence-electron chi connectivity index (χ4n) is 2.44. The highest BCUT2D eigenvalue weighted by molar-refractivity contribution is 9.10. The predicted molar refractivity (Wildman–Crippen MR) is 110 cm³/mol. The van der Waals surface area contributed by atoms with Crippen molar-refractivity contribution >= 4 is 39.2 Å². The normalized spacial score (nSPS) is 11.0. The van der Waals surface area contributed by atoms with Crippen molar-refractivity contribution in [1.82, 2.24) is 0 Å². The van der Waals surface area contributed by atoms with Crippen LogP contribution >= 0.6 is 27.5 Å². The molecule has 128 valence electrons. The maximum absolute atomic E-state index is 9.48. The first kappa shape index (κ1) is 18.3. The predicted octanol–water partition coefficient (Wildman–Crippen LogP) is 6.75. The lowest BCUT2D eigenvalue weighted by Crippen LogP contribution is -1.95. The van der Waals surface area contributed by atoms with Crippen LogP contribution in [0.5, 0.6) is 5.75 Å². The smallest absolute Gasteiger partial charge is 0.120 e. The third-order valence-electron chi connectivity index (χ3n) is 3.74. The summed E-state index contributed by atoms with van der Waals surface area (Å²) in [6.45, 7) is 0.486. The van der Waals surface area contributed by atoms with Gasteiger partial charge in [-0.05, 0) is 59.2 Å². The van der Waals surface area contributed by atoms with Gasteiger partial charge in [-0.1, -0.05) is 63.9 Å². The molecule has 3 aromatic carbocycles. The Bertz CT molecular complexity index is 974. The van der Waals surface area contributed by atoms with Crippen LogP contribution in [0.15, 0.2) is 77.3 Å². The first-order chi connectivity index (χ1) is 12.6. The topological polar surface area (TPSA) is 33.0 Å². The van der Waals surface area contributed by atoms with Gasteiger partial charge in [0.1, 0.15) is 12.4 Å². The van der Waals surface area contributed by atoms with Crippen molar-refractivity contribution in [1.29, 1.82) is 5.26 Å². The highest BCUT2D eigenvalue weighted by Gasteiger charge is 2.03. The van der Waals surface area contributed by atoms with E-state index in [1.165, 1.54) is 0 Å². The zero-order valence-corrected chi connectivity index (χ0v) is 16.2. The average Bonchev–Trinajstić information content (AvgIpc) is 2.66. The Balaban J connectivity index is 1.77. The molecule has 0 aliphatic heterocycles. The van der Waals surface area contributed by atoms with Crippen molar-refractivity contribution < 1.29 is 4.74 Å². The van der Waals surface area contributed by atoms with E-state index in [0.29, 0.717) is 17.2 Å². The second kappa shape index (κ2) is 8.71. The molecule has 3 aromatic rings. The molecule has 0 radical (unpaired) electrons. The number of ether oxygens (including phenoxy) is 1. The molecule has 0 aromatic heterocycles. The molecule has 0 fully saturated rings. The summed E-state index contributed by atoms with van der Waals surface area (Å²) >= 11 is 9.45. The van der Waals surface area contributed by atoms with Crippen LogP contribution in [0.25, 0.3) is 11.6 Å². The number of hydrogen-bond acceptors (Lipinski definition) is 2. The van der Waals surface area contributed by atoms with Crippen LogP contribution in [-0.2, 0) is 6.61 Å². The van der Waals surface area contributed by atoms with Crippen molar-refractivity contribution in [2.75, 3.05) is 0 Å². The van der Waals surface area contributed by atoms with Crippen LogP contribution in [0.3, 0.4) is 0 Å². The molecule has 0 saturated carbocycles. The van der Waals surface area contributed by atoms with Gasteiger partial charge in [0.2, 0.25) is 0 Å². The molecule has 4 heteroatoms. The number of halogens is 2. The summed E-state index contributed by atoms with van der Waals surface area (Å²) in [6, 6.07) is 25.2. The lowest BCUT2D eigenvalue weighted by atomic mass is 10.0. The standard InChI is InChI=1S/C22H15BrClNO/c23-20-9-7-16(8-10-20)15-26-22-6-1-3-17(12-22)11-19(14-25)18-4-2-5-21(24)13-18/h1-13H,15H2/b19-11-. The molecule has 0 saturated heterocycles. The second-order valence-electron chi connectivity index (χ2n) is 5.67. The maximum atomic E-state index is 9.48. The summed E-state index contributed by atoms with van der Waals surface area (Å²) in [7, 11) is 0. The Morgan fingerprint density at radius 3 is 2.54 bits per heavy atom. The quantitative estimate of drug-likeness (QED) is 0.335. The number of hydrogen-bond donors (Lipinski definition) is 0. The Kier molecular flexibility index (Phi) is 6.12. The van der Waals surface area contributed by atoms with E-state index in [1.54, 1.807) is 12.1 Å². The Labute approximate surface area is 166 Å². The second-order valence-corrected chi connectivity index (χ2v) is 7.02. The summed E-state index contributed by atoms with van der Waals surface area (Å²) in [5.41, 5.74) is 3.33. The first-order valence-corrected chi connectivity index (χ1v) is 9.16. The molecule has 0 N–H and O–H groups in total. The number of rotatable bonds is 5. The monoisotopic (exact) mass is 423 g/mol. The highest BCUT2D eigenvalue weighted by Crippen LogP contribution is 2.23. The minimum Gasteiger partial charge on any atom is -0.489 e. The van der Waals surface area contributed by atoms with E-state index in [-0.39, 0.29) is 0 Å². The highest BCUT2D eigenvalue weighted by atomic mass is 79.9. The summed E-state index contributed by atoms with van der Waals surface area (Å²) in [5, 5.41) is 10.1. The van der Waals surface area contributed by atoms with E-state index in [9.17, 15) is 5.26 Å². The fraction of sp³-hybridized carbons (Fsp3) is 0.0455. The average molecular weight is 425 g/mol. The molecule has 0 atom stereocenters. The molecule has 0 aliphatic carbocycles. The van der Waals surface area contributed by atoms with Gasteiger partial charge < -0.3 is 4.74 Å². The third-order valence-corrected chi connectivity index (χ3v) is 4.51. The van der Waals surface area contributed by atoms with Crippen LogP contribution in [0.2, 0.25) is 5.02 Å². The van der Waals surface area contributed by atoms with E-state index >= 15 is 0 Å². The Morgan fingerprint density at radius 1 is 1.04 bits per heavy atom. The largest absolute Gasteiger partial charge is 0.489 e. The van der Waals surface area contributed by atoms with E-state index in [4.69, 9.17) is 16.3 Å². The lowest BCUT2D eigenvalue weighted by molar-refractivity contribution is 0.306. The van der Waals surface area contributed by atoms with Crippen molar-refractivity contribution in [2.24, 2.45) is 0 Å². The summed E-state index contributed by atoms with van der Waals surface area (Å²) in [4.78, 5) is 0. The van der Waals surface area contributed by atoms with Crippen molar-refractivity contribution in [3.63, 3.8) is 0 Å². The van der Waals surface area contributed by atoms with Gasteiger partial charge in [0.15, 0.2) is 0 Å². The zero-order chi connectivity index (χ0) is 18.4. The van der Waals surface area contributed by atoms with E-state index < -0.39 is 0 Å². The molecule has 0 aliphatic rings. The number of nitrogens with zero attached hydrogens (tertiary/aromatic N) is 1. The lowest BCUT2D eigenvalue weighted by Gasteiger charge is -2.07. The number of nitriles is 1. The van der Waals surface area contributed by atoms with Crippen LogP contribution in [0, 0.1) is 11.3 Å². The van der Waals surface area contributed by atoms with Crippen LogP contribution in [0.1, 0.15) is 16.7 Å². The number of allylic oxidation sites excluding steroid dienone is 1. The summed E-state index contributed by atoms with van der Waals surface area (Å²) < 4.78 is 6.90. The van der Waals surface area contributed by atoms with Gasteiger partial charge in [-0.3, -0.25) is 0 Å². The van der Waals surface area contributed by atoms with Gasteiger partial charge in [0.25, 0.3) is 0 Å². The van der Waals surface area contributed by atoms with Crippen LogP contribution < -0.4 is 4.74 Å². The van der Waals surface area contributed by atoms with Gasteiger partial charge in [0.05, 0.1) is 11.6 Å². The third kappa shape index (κ3) is 4.98. The molecule has 0 unspecified atom stereocenters. The fourth-order valence-corrected chi connectivity index (χ4v) is 2.90. The van der Waals surface area contributed by atoms with Crippen molar-refractivity contribution in [3.05, 3.63) is 99.0 Å². The minimum atomic E-state index is 0.486. The molecule has 0 heterocycles. The first-order valence-electron chi connectivity index (χ1n) is 7.99. The van der Waals surface area contributed by atoms with Crippen molar-refractivity contribution in [3.8, 4) is 11.8 Å². The van der Waals surface area contributed by atoms with Crippen LogP contribution in [0.4, 0.5) is 0 Å². The Hall–Kier alpha value is -2.54. The molecule has 0 spiro atoms.